The number of amides is 2. The van der Waals surface area contributed by atoms with E-state index in [9.17, 15) is 9.90 Å². The minimum atomic E-state index is -0.304. The maximum Gasteiger partial charge on any atom is 0.315 e. The van der Waals surface area contributed by atoms with Crippen molar-refractivity contribution >= 4 is 6.03 Å². The normalized spacial score (nSPS) is 25.5. The van der Waals surface area contributed by atoms with Crippen LogP contribution in [0.2, 0.25) is 0 Å². The van der Waals surface area contributed by atoms with Gasteiger partial charge in [0.1, 0.15) is 0 Å². The van der Waals surface area contributed by atoms with E-state index in [-0.39, 0.29) is 18.2 Å². The van der Waals surface area contributed by atoms with Crippen LogP contribution in [0.4, 0.5) is 4.79 Å². The van der Waals surface area contributed by atoms with Crippen molar-refractivity contribution in [2.75, 3.05) is 13.1 Å². The molecule has 1 aliphatic carbocycles. The lowest BCUT2D eigenvalue weighted by molar-refractivity contribution is 0.172. The summed E-state index contributed by atoms with van der Waals surface area (Å²) in [4.78, 5) is 14.4. The highest BCUT2D eigenvalue weighted by molar-refractivity contribution is 5.74. The van der Waals surface area contributed by atoms with Gasteiger partial charge in [0.05, 0.1) is 6.10 Å². The first-order chi connectivity index (χ1) is 11.7. The molecule has 1 saturated carbocycles. The Balaban J connectivity index is 1.46. The summed E-state index contributed by atoms with van der Waals surface area (Å²) in [6.07, 6.45) is 6.31. The zero-order valence-corrected chi connectivity index (χ0v) is 14.3. The molecule has 132 valence electrons. The molecule has 0 spiro atoms. The molecule has 5 nitrogen and oxygen atoms in total. The Kier molecular flexibility index (Phi) is 6.10. The zero-order chi connectivity index (χ0) is 16.8. The Hall–Kier alpha value is -1.59. The summed E-state index contributed by atoms with van der Waals surface area (Å²) in [6, 6.07) is 10.7. The molecule has 1 aromatic carbocycles. The van der Waals surface area contributed by atoms with Gasteiger partial charge in [-0.3, -0.25) is 4.90 Å². The number of nitrogens with zero attached hydrogens (tertiary/aromatic N) is 1. The number of carbonyl (C=O) groups excluding carboxylic acids is 1. The number of nitrogens with one attached hydrogen (secondary N) is 2. The highest BCUT2D eigenvalue weighted by Crippen LogP contribution is 2.20. The quantitative estimate of drug-likeness (QED) is 0.775. The molecule has 1 heterocycles. The number of likely N-dealkylation sites (tertiary alicyclic amines) is 1. The van der Waals surface area contributed by atoms with Crippen molar-refractivity contribution in [3.8, 4) is 0 Å². The molecule has 2 atom stereocenters. The van der Waals surface area contributed by atoms with Gasteiger partial charge >= 0.3 is 6.03 Å². The van der Waals surface area contributed by atoms with Gasteiger partial charge in [-0.15, -0.1) is 0 Å². The topological polar surface area (TPSA) is 64.6 Å². The van der Waals surface area contributed by atoms with Gasteiger partial charge in [0.15, 0.2) is 0 Å². The fourth-order valence-corrected chi connectivity index (χ4v) is 3.88. The molecular formula is C19H29N3O2. The smallest absolute Gasteiger partial charge is 0.315 e. The molecule has 2 amide bonds. The molecule has 1 saturated heterocycles. The molecule has 2 aliphatic rings. The van der Waals surface area contributed by atoms with Crippen molar-refractivity contribution in [2.24, 2.45) is 0 Å². The van der Waals surface area contributed by atoms with Gasteiger partial charge in [0.25, 0.3) is 0 Å². The molecule has 3 rings (SSSR count). The van der Waals surface area contributed by atoms with Gasteiger partial charge in [-0.25, -0.2) is 4.79 Å². The van der Waals surface area contributed by atoms with Crippen LogP contribution in [0.3, 0.4) is 0 Å². The molecular weight excluding hydrogens is 302 g/mol. The van der Waals surface area contributed by atoms with Crippen LogP contribution in [0.25, 0.3) is 0 Å². The maximum atomic E-state index is 12.1. The number of benzene rings is 1. The molecule has 2 unspecified atom stereocenters. The number of urea groups is 1. The van der Waals surface area contributed by atoms with Gasteiger partial charge in [-0.2, -0.15) is 0 Å². The van der Waals surface area contributed by atoms with E-state index in [2.05, 4.69) is 27.7 Å². The first-order valence-electron chi connectivity index (χ1n) is 9.21. The van der Waals surface area contributed by atoms with Gasteiger partial charge < -0.3 is 15.7 Å². The summed E-state index contributed by atoms with van der Waals surface area (Å²) in [5, 5.41) is 16.1. The largest absolute Gasteiger partial charge is 0.392 e. The van der Waals surface area contributed by atoms with Crippen LogP contribution in [0.1, 0.15) is 44.1 Å². The van der Waals surface area contributed by atoms with E-state index in [1.165, 1.54) is 24.8 Å². The molecule has 0 bridgehead atoms. The van der Waals surface area contributed by atoms with Crippen LogP contribution < -0.4 is 10.6 Å². The number of aliphatic hydroxyl groups excluding tert-OH is 1. The van der Waals surface area contributed by atoms with Crippen molar-refractivity contribution in [3.05, 3.63) is 35.9 Å². The van der Waals surface area contributed by atoms with Crippen molar-refractivity contribution in [1.82, 2.24) is 15.5 Å². The Morgan fingerprint density at radius 3 is 2.67 bits per heavy atom. The van der Waals surface area contributed by atoms with Crippen molar-refractivity contribution in [2.45, 2.75) is 63.3 Å². The monoisotopic (exact) mass is 331 g/mol. The predicted octanol–water partition coefficient (Wildman–Crippen LogP) is 2.25. The lowest BCUT2D eigenvalue weighted by atomic mass is 9.96. The van der Waals surface area contributed by atoms with E-state index in [1.807, 2.05) is 18.2 Å². The lowest BCUT2D eigenvalue weighted by Gasteiger charge is -2.26. The van der Waals surface area contributed by atoms with E-state index in [0.717, 1.165) is 25.8 Å². The molecule has 2 fully saturated rings. The van der Waals surface area contributed by atoms with Crippen molar-refractivity contribution in [1.29, 1.82) is 0 Å². The summed E-state index contributed by atoms with van der Waals surface area (Å²) in [7, 11) is 0. The van der Waals surface area contributed by atoms with E-state index in [4.69, 9.17) is 0 Å². The third-order valence-corrected chi connectivity index (χ3v) is 5.17. The third kappa shape index (κ3) is 4.95. The maximum absolute atomic E-state index is 12.1. The van der Waals surface area contributed by atoms with Gasteiger partial charge in [-0.1, -0.05) is 49.6 Å². The van der Waals surface area contributed by atoms with Gasteiger partial charge in [-0.05, 0) is 24.8 Å². The van der Waals surface area contributed by atoms with E-state index < -0.39 is 0 Å². The minimum Gasteiger partial charge on any atom is -0.392 e. The Bertz CT molecular complexity index is 517. The van der Waals surface area contributed by atoms with Crippen LogP contribution in [0, 0.1) is 0 Å². The summed E-state index contributed by atoms with van der Waals surface area (Å²) in [6.45, 7) is 2.07. The first kappa shape index (κ1) is 17.2. The van der Waals surface area contributed by atoms with Crippen LogP contribution >= 0.6 is 0 Å². The van der Waals surface area contributed by atoms with Crippen molar-refractivity contribution < 1.29 is 9.90 Å². The van der Waals surface area contributed by atoms with Crippen LogP contribution in [-0.2, 0) is 6.54 Å². The van der Waals surface area contributed by atoms with E-state index in [0.29, 0.717) is 19.1 Å². The number of β-amino-alcohol motifs (C(OH)–C–C–N with tert-alkyl or cyclic N) is 1. The fourth-order valence-electron chi connectivity index (χ4n) is 3.88. The predicted molar refractivity (Wildman–Crippen MR) is 94.7 cm³/mol. The highest BCUT2D eigenvalue weighted by atomic mass is 16.3. The molecule has 0 radical (unpaired) electrons. The van der Waals surface area contributed by atoms with Crippen LogP contribution in [0.15, 0.2) is 30.3 Å². The number of hydrogen-bond donors (Lipinski definition) is 3. The number of rotatable bonds is 5. The summed E-state index contributed by atoms with van der Waals surface area (Å²) in [5.74, 6) is 0. The minimum absolute atomic E-state index is 0.0667. The summed E-state index contributed by atoms with van der Waals surface area (Å²) >= 11 is 0. The average Bonchev–Trinajstić information content (AvgIpc) is 2.94. The van der Waals surface area contributed by atoms with Crippen molar-refractivity contribution in [3.63, 3.8) is 0 Å². The number of hydrogen-bond acceptors (Lipinski definition) is 3. The molecule has 5 heteroatoms. The number of carbonyl (C=O) groups is 1. The standard InChI is InChI=1S/C19H29N3O2/c23-18-11-17(22(14-18)13-15-7-3-1-4-8-15)12-20-19(24)21-16-9-5-2-6-10-16/h1,3-4,7-8,16-18,23H,2,5-6,9-14H2,(H2,20,21,24). The molecule has 1 aliphatic heterocycles. The zero-order valence-electron chi connectivity index (χ0n) is 14.3. The Labute approximate surface area is 144 Å². The lowest BCUT2D eigenvalue weighted by Crippen LogP contribution is -2.47. The summed E-state index contributed by atoms with van der Waals surface area (Å²) in [5.41, 5.74) is 1.24. The summed E-state index contributed by atoms with van der Waals surface area (Å²) < 4.78 is 0. The molecule has 24 heavy (non-hydrogen) atoms. The van der Waals surface area contributed by atoms with Crippen LogP contribution in [-0.4, -0.2) is 47.3 Å². The van der Waals surface area contributed by atoms with Crippen LogP contribution in [0.5, 0.6) is 0 Å². The first-order valence-corrected chi connectivity index (χ1v) is 9.21. The van der Waals surface area contributed by atoms with E-state index in [1.54, 1.807) is 0 Å². The molecule has 1 aromatic rings. The molecule has 3 N–H and O–H groups in total. The SMILES string of the molecule is O=C(NCC1CC(O)CN1Cc1ccccc1)NC1CCCCC1. The second kappa shape index (κ2) is 8.49. The Morgan fingerprint density at radius 1 is 1.17 bits per heavy atom. The van der Waals surface area contributed by atoms with Gasteiger partial charge in [0, 0.05) is 31.7 Å². The third-order valence-electron chi connectivity index (χ3n) is 5.17. The van der Waals surface area contributed by atoms with E-state index >= 15 is 0 Å². The fraction of sp³-hybridized carbons (Fsp3) is 0.632. The van der Waals surface area contributed by atoms with Gasteiger partial charge in [0.2, 0.25) is 0 Å². The second-order valence-corrected chi connectivity index (χ2v) is 7.15. The number of aliphatic hydroxyl groups is 1. The average molecular weight is 331 g/mol. The Morgan fingerprint density at radius 2 is 1.92 bits per heavy atom. The molecule has 0 aromatic heterocycles. The second-order valence-electron chi connectivity index (χ2n) is 7.15. The highest BCUT2D eigenvalue weighted by Gasteiger charge is 2.31.